The highest BCUT2D eigenvalue weighted by atomic mass is 19.1. The van der Waals surface area contributed by atoms with Crippen molar-refractivity contribution >= 4 is 43.9 Å². The van der Waals surface area contributed by atoms with Crippen molar-refractivity contribution in [2.45, 2.75) is 0 Å². The Kier molecular flexibility index (Phi) is 3.73. The average molecular weight is 427 g/mol. The SMILES string of the molecule is Fc1cccc(-n2c3ccccc3c3cc4c5ccccc5n(-c5ccccc5)c4nc32)c1. The van der Waals surface area contributed by atoms with Gasteiger partial charge < -0.3 is 0 Å². The van der Waals surface area contributed by atoms with Crippen molar-refractivity contribution in [3.63, 3.8) is 0 Å². The minimum absolute atomic E-state index is 0.266. The Hall–Kier alpha value is -4.44. The van der Waals surface area contributed by atoms with Crippen molar-refractivity contribution in [1.29, 1.82) is 0 Å². The summed E-state index contributed by atoms with van der Waals surface area (Å²) >= 11 is 0. The topological polar surface area (TPSA) is 22.8 Å². The van der Waals surface area contributed by atoms with Crippen LogP contribution in [0, 0.1) is 5.82 Å². The van der Waals surface area contributed by atoms with Crippen LogP contribution >= 0.6 is 0 Å². The van der Waals surface area contributed by atoms with Crippen molar-refractivity contribution < 1.29 is 4.39 Å². The number of halogens is 1. The van der Waals surface area contributed by atoms with Gasteiger partial charge in [0, 0.05) is 27.2 Å². The number of hydrogen-bond donors (Lipinski definition) is 0. The molecule has 3 aromatic heterocycles. The molecule has 0 N–H and O–H groups in total. The Labute approximate surface area is 188 Å². The first-order valence-electron chi connectivity index (χ1n) is 10.9. The lowest BCUT2D eigenvalue weighted by Crippen LogP contribution is -1.99. The van der Waals surface area contributed by atoms with Crippen LogP contribution in [0.2, 0.25) is 0 Å². The van der Waals surface area contributed by atoms with Gasteiger partial charge in [-0.05, 0) is 48.5 Å². The van der Waals surface area contributed by atoms with E-state index in [4.69, 9.17) is 4.98 Å². The largest absolute Gasteiger partial charge is 0.294 e. The van der Waals surface area contributed by atoms with Gasteiger partial charge in [-0.2, -0.15) is 0 Å². The smallest absolute Gasteiger partial charge is 0.148 e. The van der Waals surface area contributed by atoms with E-state index in [0.717, 1.165) is 55.2 Å². The third-order valence-electron chi connectivity index (χ3n) is 6.36. The Morgan fingerprint density at radius 3 is 1.67 bits per heavy atom. The minimum atomic E-state index is -0.266. The standard InChI is InChI=1S/C29H18FN3/c30-19-9-8-12-21(17-19)33-27-16-7-5-14-23(27)25-18-24-22-13-4-6-15-26(22)32(28(24)31-29(25)33)20-10-2-1-3-11-20/h1-18H. The van der Waals surface area contributed by atoms with Gasteiger partial charge in [0.05, 0.1) is 16.7 Å². The first-order valence-corrected chi connectivity index (χ1v) is 10.9. The molecule has 4 aromatic carbocycles. The Morgan fingerprint density at radius 1 is 0.485 bits per heavy atom. The molecular weight excluding hydrogens is 409 g/mol. The number of fused-ring (bicyclic) bond motifs is 6. The van der Waals surface area contributed by atoms with Gasteiger partial charge in [-0.15, -0.1) is 0 Å². The van der Waals surface area contributed by atoms with Crippen LogP contribution in [-0.2, 0) is 0 Å². The van der Waals surface area contributed by atoms with E-state index in [1.165, 1.54) is 6.07 Å². The summed E-state index contributed by atoms with van der Waals surface area (Å²) in [6.45, 7) is 0. The van der Waals surface area contributed by atoms with Gasteiger partial charge in [-0.3, -0.25) is 9.13 Å². The third-order valence-corrected chi connectivity index (χ3v) is 6.36. The second-order valence-corrected chi connectivity index (χ2v) is 8.25. The normalized spacial score (nSPS) is 11.8. The maximum absolute atomic E-state index is 14.2. The summed E-state index contributed by atoms with van der Waals surface area (Å²) in [6.07, 6.45) is 0. The molecular formula is C29H18FN3. The van der Waals surface area contributed by atoms with E-state index in [1.54, 1.807) is 12.1 Å². The average Bonchev–Trinajstić information content (AvgIpc) is 3.35. The lowest BCUT2D eigenvalue weighted by Gasteiger charge is -2.09. The maximum Gasteiger partial charge on any atom is 0.148 e. The van der Waals surface area contributed by atoms with Gasteiger partial charge >= 0.3 is 0 Å². The van der Waals surface area contributed by atoms with Gasteiger partial charge in [-0.25, -0.2) is 9.37 Å². The van der Waals surface area contributed by atoms with Gasteiger partial charge in [-0.1, -0.05) is 60.7 Å². The van der Waals surface area contributed by atoms with E-state index >= 15 is 0 Å². The van der Waals surface area contributed by atoms with E-state index in [-0.39, 0.29) is 5.82 Å². The molecule has 7 aromatic rings. The second-order valence-electron chi connectivity index (χ2n) is 8.25. The first-order chi connectivity index (χ1) is 16.3. The minimum Gasteiger partial charge on any atom is -0.294 e. The van der Waals surface area contributed by atoms with Crippen LogP contribution in [0.3, 0.4) is 0 Å². The quantitative estimate of drug-likeness (QED) is 0.282. The molecule has 4 heteroatoms. The second kappa shape index (κ2) is 6.78. The fourth-order valence-electron chi connectivity index (χ4n) is 4.97. The molecule has 0 aliphatic carbocycles. The number of rotatable bonds is 2. The van der Waals surface area contributed by atoms with E-state index < -0.39 is 0 Å². The number of benzene rings is 4. The number of aromatic nitrogens is 3. The zero-order chi connectivity index (χ0) is 21.9. The van der Waals surface area contributed by atoms with E-state index in [1.807, 2.05) is 36.4 Å². The highest BCUT2D eigenvalue weighted by molar-refractivity contribution is 6.16. The molecule has 0 aliphatic rings. The van der Waals surface area contributed by atoms with Crippen molar-refractivity contribution in [2.24, 2.45) is 0 Å². The fraction of sp³-hybridized carbons (Fsp3) is 0. The Balaban J connectivity index is 1.70. The number of nitrogens with zero attached hydrogens (tertiary/aromatic N) is 3. The zero-order valence-electron chi connectivity index (χ0n) is 17.6. The van der Waals surface area contributed by atoms with Crippen LogP contribution in [0.15, 0.2) is 109 Å². The predicted octanol–water partition coefficient (Wildman–Crippen LogP) is 7.41. The lowest BCUT2D eigenvalue weighted by atomic mass is 10.1. The summed E-state index contributed by atoms with van der Waals surface area (Å²) in [4.78, 5) is 5.24. The molecule has 0 saturated carbocycles. The van der Waals surface area contributed by atoms with Crippen LogP contribution in [0.5, 0.6) is 0 Å². The number of para-hydroxylation sites is 3. The molecule has 0 unspecified atom stereocenters. The summed E-state index contributed by atoms with van der Waals surface area (Å²) in [5.41, 5.74) is 5.64. The van der Waals surface area contributed by atoms with Crippen LogP contribution in [0.1, 0.15) is 0 Å². The van der Waals surface area contributed by atoms with Crippen molar-refractivity contribution in [2.75, 3.05) is 0 Å². The highest BCUT2D eigenvalue weighted by Crippen LogP contribution is 2.37. The van der Waals surface area contributed by atoms with Crippen LogP contribution in [-0.4, -0.2) is 14.1 Å². The van der Waals surface area contributed by atoms with Gasteiger partial charge in [0.2, 0.25) is 0 Å². The molecule has 0 aliphatic heterocycles. The summed E-state index contributed by atoms with van der Waals surface area (Å²) < 4.78 is 18.5. The number of hydrogen-bond acceptors (Lipinski definition) is 1. The fourth-order valence-corrected chi connectivity index (χ4v) is 4.97. The Bertz CT molecular complexity index is 1830. The van der Waals surface area contributed by atoms with Crippen molar-refractivity contribution in [3.8, 4) is 11.4 Å². The molecule has 3 heterocycles. The summed E-state index contributed by atoms with van der Waals surface area (Å²) in [5.74, 6) is -0.266. The van der Waals surface area contributed by atoms with Gasteiger partial charge in [0.15, 0.2) is 0 Å². The summed E-state index contributed by atoms with van der Waals surface area (Å²) in [5, 5.41) is 4.42. The van der Waals surface area contributed by atoms with Gasteiger partial charge in [0.1, 0.15) is 17.1 Å². The third kappa shape index (κ3) is 2.58. The lowest BCUT2D eigenvalue weighted by molar-refractivity contribution is 0.627. The van der Waals surface area contributed by atoms with E-state index in [2.05, 4.69) is 63.7 Å². The van der Waals surface area contributed by atoms with Crippen molar-refractivity contribution in [1.82, 2.24) is 14.1 Å². The van der Waals surface area contributed by atoms with Gasteiger partial charge in [0.25, 0.3) is 0 Å². The zero-order valence-corrected chi connectivity index (χ0v) is 17.6. The molecule has 3 nitrogen and oxygen atoms in total. The molecule has 0 bridgehead atoms. The molecule has 33 heavy (non-hydrogen) atoms. The van der Waals surface area contributed by atoms with E-state index in [0.29, 0.717) is 0 Å². The summed E-state index contributed by atoms with van der Waals surface area (Å²) in [6, 6.07) is 35.8. The summed E-state index contributed by atoms with van der Waals surface area (Å²) in [7, 11) is 0. The van der Waals surface area contributed by atoms with Crippen molar-refractivity contribution in [3.05, 3.63) is 115 Å². The molecule has 0 amide bonds. The first kappa shape index (κ1) is 18.2. The van der Waals surface area contributed by atoms with Crippen LogP contribution in [0.25, 0.3) is 55.2 Å². The number of pyridine rings is 1. The predicted molar refractivity (Wildman–Crippen MR) is 133 cm³/mol. The molecule has 0 atom stereocenters. The molecule has 0 radical (unpaired) electrons. The molecule has 0 spiro atoms. The maximum atomic E-state index is 14.2. The van der Waals surface area contributed by atoms with E-state index in [9.17, 15) is 4.39 Å². The highest BCUT2D eigenvalue weighted by Gasteiger charge is 2.19. The van der Waals surface area contributed by atoms with Crippen LogP contribution in [0.4, 0.5) is 4.39 Å². The monoisotopic (exact) mass is 427 g/mol. The molecule has 0 saturated heterocycles. The van der Waals surface area contributed by atoms with Crippen LogP contribution < -0.4 is 0 Å². The molecule has 7 rings (SSSR count). The Morgan fingerprint density at radius 2 is 1.03 bits per heavy atom. The molecule has 0 fully saturated rings. The molecule has 156 valence electrons.